The predicted octanol–water partition coefficient (Wildman–Crippen LogP) is 5.72. The van der Waals surface area contributed by atoms with E-state index in [0.717, 1.165) is 75.7 Å². The van der Waals surface area contributed by atoms with Crippen molar-refractivity contribution in [3.63, 3.8) is 0 Å². The number of esters is 1. The molecule has 0 radical (unpaired) electrons. The van der Waals surface area contributed by atoms with Gasteiger partial charge in [-0.1, -0.05) is 37.7 Å². The van der Waals surface area contributed by atoms with E-state index in [0.29, 0.717) is 97.3 Å². The molecule has 0 aliphatic carbocycles. The Morgan fingerprint density at radius 2 is 1.16 bits per heavy atom. The largest absolute Gasteiger partial charge is 0.460 e. The zero-order valence-electron chi connectivity index (χ0n) is 46.7. The number of thioether (sulfide) groups is 2. The van der Waals surface area contributed by atoms with E-state index in [-0.39, 0.29) is 92.4 Å². The van der Waals surface area contributed by atoms with E-state index < -0.39 is 17.3 Å². The predicted molar refractivity (Wildman–Crippen MR) is 303 cm³/mol. The van der Waals surface area contributed by atoms with Crippen LogP contribution in [0, 0.1) is 12.3 Å². The normalized spacial score (nSPS) is 22.6. The number of rotatable bonds is 34. The fraction of sp³-hybridized carbons (Fsp3) is 0.737. The molecule has 8 atom stereocenters. The van der Waals surface area contributed by atoms with Crippen LogP contribution in [-0.2, 0) is 51.0 Å². The lowest BCUT2D eigenvalue weighted by Crippen LogP contribution is -2.51. The first kappa shape index (κ1) is 63.6. The fourth-order valence-corrected chi connectivity index (χ4v) is 13.3. The summed E-state index contributed by atoms with van der Waals surface area (Å²) < 4.78 is 16.2. The molecular formula is C57H90N8O10S2. The highest BCUT2D eigenvalue weighted by Gasteiger charge is 2.45. The van der Waals surface area contributed by atoms with Crippen LogP contribution in [0.5, 0.6) is 0 Å². The Balaban J connectivity index is 0.917. The summed E-state index contributed by atoms with van der Waals surface area (Å²) >= 11 is 3.87. The molecule has 4 saturated heterocycles. The van der Waals surface area contributed by atoms with Crippen LogP contribution >= 0.6 is 23.5 Å². The number of carbonyl (C=O) groups is 7. The highest BCUT2D eigenvalue weighted by atomic mass is 32.2. The van der Waals surface area contributed by atoms with Crippen molar-refractivity contribution in [1.29, 1.82) is 0 Å². The zero-order chi connectivity index (χ0) is 55.8. The number of ketones is 2. The van der Waals surface area contributed by atoms with Gasteiger partial charge in [-0.05, 0) is 116 Å². The number of carbonyl (C=O) groups excluding carboxylic acids is 7. The molecule has 4 heterocycles. The molecule has 8 N–H and O–H groups in total. The highest BCUT2D eigenvalue weighted by Crippen LogP contribution is 2.35. The van der Waals surface area contributed by atoms with Crippen LogP contribution in [0.2, 0.25) is 0 Å². The monoisotopic (exact) mass is 1110 g/mol. The standard InChI is InChI=1S/C57H90N8O10S2/c1-8-28-73-29-27-60-53(71)40-31-38(33-41(66)19-11-9-17-25-58-48(68)23-15-13-21-45-51-43(36-76-45)61-47(63-51)35-50(70)74-56(2,3)4)30-39(32-40)34-42(67)20-12-10-18-26-59-49(69)24-16-14-22-46-52-44(37-77-46)62-54(64-52)65-55(72)75-57(5,6)7/h1,30-32,43-47,51-52,54,61-64H,9-29,33-37H2,2-7H3,(H,58,68)(H,59,69)(H,60,71)(H,65,72). The summed E-state index contributed by atoms with van der Waals surface area (Å²) in [7, 11) is 0. The molecule has 20 heteroatoms. The SMILES string of the molecule is C#CCOCCNC(=O)c1cc(CC(=O)CCCCCNC(=O)CCCCC2SCC3NC(CC(=O)OC(C)(C)C)NC32)cc(CC(=O)CCCCCNC(=O)CCCCC2SCC3NC(NC(=O)OC(C)(C)C)NC32)c1. The minimum Gasteiger partial charge on any atom is -0.460 e. The molecular weight excluding hydrogens is 1020 g/mol. The Bertz CT molecular complexity index is 2020. The van der Waals surface area contributed by atoms with Crippen LogP contribution in [0.15, 0.2) is 18.2 Å². The second-order valence-electron chi connectivity index (χ2n) is 22.9. The third-order valence-corrected chi connectivity index (χ3v) is 16.7. The molecule has 430 valence electrons. The van der Waals surface area contributed by atoms with Crippen LogP contribution in [0.4, 0.5) is 4.79 Å². The lowest BCUT2D eigenvalue weighted by Gasteiger charge is -2.23. The van der Waals surface area contributed by atoms with E-state index in [1.54, 1.807) is 12.1 Å². The molecule has 1 aromatic carbocycles. The molecule has 4 aliphatic rings. The first-order valence-electron chi connectivity index (χ1n) is 28.2. The molecule has 18 nitrogen and oxygen atoms in total. The molecule has 0 spiro atoms. The smallest absolute Gasteiger partial charge is 0.409 e. The number of benzene rings is 1. The lowest BCUT2D eigenvalue weighted by atomic mass is 9.96. The molecule has 1 aromatic rings. The number of fused-ring (bicyclic) bond motifs is 2. The van der Waals surface area contributed by atoms with Crippen LogP contribution in [-0.4, -0.2) is 144 Å². The third kappa shape index (κ3) is 24.8. The van der Waals surface area contributed by atoms with Crippen LogP contribution in [0.1, 0.15) is 172 Å². The van der Waals surface area contributed by atoms with E-state index in [9.17, 15) is 33.6 Å². The second-order valence-corrected chi connectivity index (χ2v) is 25.4. The first-order valence-corrected chi connectivity index (χ1v) is 30.3. The van der Waals surface area contributed by atoms with Crippen molar-refractivity contribution in [2.24, 2.45) is 0 Å². The number of unbranched alkanes of at least 4 members (excludes halogenated alkanes) is 6. The van der Waals surface area contributed by atoms with Crippen molar-refractivity contribution >= 4 is 64.9 Å². The van der Waals surface area contributed by atoms with E-state index in [1.807, 2.05) is 71.1 Å². The van der Waals surface area contributed by atoms with Crippen molar-refractivity contribution in [2.75, 3.05) is 44.4 Å². The minimum atomic E-state index is -0.565. The van der Waals surface area contributed by atoms with E-state index in [4.69, 9.17) is 20.6 Å². The number of hydrogen-bond acceptors (Lipinski definition) is 16. The van der Waals surface area contributed by atoms with Gasteiger partial charge in [0.1, 0.15) is 35.7 Å². The van der Waals surface area contributed by atoms with Crippen LogP contribution in [0.3, 0.4) is 0 Å². The van der Waals surface area contributed by atoms with Gasteiger partial charge >= 0.3 is 12.1 Å². The molecule has 4 aliphatic heterocycles. The number of Topliss-reactive ketones (excluding diaryl/α,β-unsaturated/α-hetero) is 2. The van der Waals surface area contributed by atoms with Crippen molar-refractivity contribution < 1.29 is 47.8 Å². The Hall–Kier alpha value is -4.23. The van der Waals surface area contributed by atoms with Crippen molar-refractivity contribution in [2.45, 2.75) is 222 Å². The Morgan fingerprint density at radius 1 is 0.623 bits per heavy atom. The van der Waals surface area contributed by atoms with Gasteiger partial charge < -0.3 is 30.2 Å². The molecule has 77 heavy (non-hydrogen) atoms. The Morgan fingerprint density at radius 3 is 1.70 bits per heavy atom. The summed E-state index contributed by atoms with van der Waals surface area (Å²) in [5.41, 5.74) is 0.665. The van der Waals surface area contributed by atoms with E-state index in [2.05, 4.69) is 48.5 Å². The zero-order valence-corrected chi connectivity index (χ0v) is 48.3. The molecule has 4 amide bonds. The molecule has 0 bridgehead atoms. The van der Waals surface area contributed by atoms with Crippen molar-refractivity contribution in [1.82, 2.24) is 42.5 Å². The number of terminal acetylenes is 1. The molecule has 0 saturated carbocycles. The van der Waals surface area contributed by atoms with Gasteiger partial charge in [0.05, 0.1) is 19.2 Å². The summed E-state index contributed by atoms with van der Waals surface area (Å²) in [4.78, 5) is 89.3. The number of amides is 4. The Kier molecular flexibility index (Phi) is 27.0. The average molecular weight is 1110 g/mol. The lowest BCUT2D eigenvalue weighted by molar-refractivity contribution is -0.155. The number of ether oxygens (including phenoxy) is 3. The summed E-state index contributed by atoms with van der Waals surface area (Å²) in [6.07, 6.45) is 16.6. The molecule has 5 rings (SSSR count). The third-order valence-electron chi connectivity index (χ3n) is 13.7. The first-order chi connectivity index (χ1) is 36.7. The van der Waals surface area contributed by atoms with Crippen molar-refractivity contribution in [3.8, 4) is 12.3 Å². The van der Waals surface area contributed by atoms with Gasteiger partial charge in [0.2, 0.25) is 11.8 Å². The maximum absolute atomic E-state index is 13.2. The van der Waals surface area contributed by atoms with E-state index in [1.165, 1.54) is 0 Å². The maximum Gasteiger partial charge on any atom is 0.409 e. The van der Waals surface area contributed by atoms with Gasteiger partial charge in [0.25, 0.3) is 5.91 Å². The van der Waals surface area contributed by atoms with Crippen LogP contribution < -0.4 is 42.5 Å². The molecule has 0 aromatic heterocycles. The van der Waals surface area contributed by atoms with Crippen LogP contribution in [0.25, 0.3) is 0 Å². The van der Waals surface area contributed by atoms with Gasteiger partial charge in [0, 0.05) is 110 Å². The second kappa shape index (κ2) is 32.7. The van der Waals surface area contributed by atoms with Gasteiger partial charge in [-0.25, -0.2) is 4.79 Å². The Labute approximate surface area is 466 Å². The topological polar surface area (TPSA) is 243 Å². The van der Waals surface area contributed by atoms with Gasteiger partial charge in [-0.3, -0.25) is 55.4 Å². The molecule has 4 fully saturated rings. The number of hydrogen-bond donors (Lipinski definition) is 8. The fourth-order valence-electron chi connectivity index (χ4n) is 10.2. The summed E-state index contributed by atoms with van der Waals surface area (Å²) in [6, 6.07) is 6.41. The number of alkyl carbamates (subject to hydrolysis) is 1. The van der Waals surface area contributed by atoms with Gasteiger partial charge in [0.15, 0.2) is 0 Å². The summed E-state index contributed by atoms with van der Waals surface area (Å²) in [5, 5.41) is 26.7. The average Bonchev–Trinajstić information content (AvgIpc) is 4.14. The van der Waals surface area contributed by atoms with Gasteiger partial charge in [-0.2, -0.15) is 23.5 Å². The maximum atomic E-state index is 13.2. The minimum absolute atomic E-state index is 0.0319. The quantitative estimate of drug-likeness (QED) is 0.0234. The summed E-state index contributed by atoms with van der Waals surface area (Å²) in [5.74, 6) is 3.97. The summed E-state index contributed by atoms with van der Waals surface area (Å²) in [6.45, 7) is 12.9. The van der Waals surface area contributed by atoms with Gasteiger partial charge in [-0.15, -0.1) is 6.42 Å². The molecule has 8 unspecified atom stereocenters. The van der Waals surface area contributed by atoms with E-state index >= 15 is 0 Å². The van der Waals surface area contributed by atoms with Crippen molar-refractivity contribution in [3.05, 3.63) is 34.9 Å². The highest BCUT2D eigenvalue weighted by molar-refractivity contribution is 8.00. The number of nitrogens with one attached hydrogen (secondary N) is 8.